The van der Waals surface area contributed by atoms with Gasteiger partial charge in [0.2, 0.25) is 0 Å². The van der Waals surface area contributed by atoms with Crippen LogP contribution in [0.1, 0.15) is 16.8 Å². The number of benzene rings is 1. The van der Waals surface area contributed by atoms with E-state index in [0.29, 0.717) is 0 Å². The fourth-order valence-corrected chi connectivity index (χ4v) is 1.93. The Morgan fingerprint density at radius 3 is 2.76 bits per heavy atom. The Kier molecular flexibility index (Phi) is 3.79. The maximum Gasteiger partial charge on any atom is 0.0603 e. The molecule has 0 unspecified atom stereocenters. The second-order valence-corrected chi connectivity index (χ2v) is 4.93. The normalized spacial score (nSPS) is 10.3. The van der Waals surface area contributed by atoms with Crippen molar-refractivity contribution in [2.24, 2.45) is 0 Å². The number of anilines is 1. The predicted octanol–water partition coefficient (Wildman–Crippen LogP) is 4.07. The molecule has 0 saturated heterocycles. The van der Waals surface area contributed by atoms with Crippen LogP contribution in [0.2, 0.25) is 0 Å². The van der Waals surface area contributed by atoms with Gasteiger partial charge in [0.05, 0.1) is 11.4 Å². The van der Waals surface area contributed by atoms with Crippen LogP contribution >= 0.6 is 15.9 Å². The fraction of sp³-hybridized carbons (Fsp3) is 0.214. The lowest BCUT2D eigenvalue weighted by Crippen LogP contribution is -2.02. The summed E-state index contributed by atoms with van der Waals surface area (Å²) < 4.78 is 1.15. The lowest BCUT2D eigenvalue weighted by molar-refractivity contribution is 1.10. The van der Waals surface area contributed by atoms with Crippen molar-refractivity contribution in [2.45, 2.75) is 20.4 Å². The van der Waals surface area contributed by atoms with Crippen LogP contribution in [-0.4, -0.2) is 4.98 Å². The molecule has 1 N–H and O–H groups in total. The zero-order chi connectivity index (χ0) is 12.3. The van der Waals surface area contributed by atoms with Crippen molar-refractivity contribution >= 4 is 21.6 Å². The average molecular weight is 291 g/mol. The molecule has 0 fully saturated rings. The molecule has 2 aromatic rings. The number of nitrogens with zero attached hydrogens (tertiary/aromatic N) is 1. The van der Waals surface area contributed by atoms with Crippen molar-refractivity contribution in [3.8, 4) is 0 Å². The van der Waals surface area contributed by atoms with Crippen LogP contribution in [0, 0.1) is 13.8 Å². The van der Waals surface area contributed by atoms with Gasteiger partial charge in [-0.25, -0.2) is 0 Å². The zero-order valence-corrected chi connectivity index (χ0v) is 11.6. The van der Waals surface area contributed by atoms with Gasteiger partial charge in [0.1, 0.15) is 0 Å². The van der Waals surface area contributed by atoms with E-state index in [1.54, 1.807) is 0 Å². The Hall–Kier alpha value is -1.35. The van der Waals surface area contributed by atoms with Crippen LogP contribution in [0.4, 0.5) is 5.69 Å². The first-order valence-electron chi connectivity index (χ1n) is 5.57. The van der Waals surface area contributed by atoms with Gasteiger partial charge in [-0.3, -0.25) is 4.98 Å². The lowest BCUT2D eigenvalue weighted by Gasteiger charge is -2.09. The molecule has 0 atom stereocenters. The summed E-state index contributed by atoms with van der Waals surface area (Å²) in [5, 5.41) is 3.40. The lowest BCUT2D eigenvalue weighted by atomic mass is 10.1. The van der Waals surface area contributed by atoms with E-state index in [1.165, 1.54) is 11.1 Å². The molecule has 0 amide bonds. The minimum Gasteiger partial charge on any atom is -0.380 e. The highest BCUT2D eigenvalue weighted by Crippen LogP contribution is 2.18. The molecular weight excluding hydrogens is 276 g/mol. The van der Waals surface area contributed by atoms with Crippen LogP contribution in [0.25, 0.3) is 0 Å². The van der Waals surface area contributed by atoms with E-state index < -0.39 is 0 Å². The molecule has 1 aromatic heterocycles. The third-order valence-electron chi connectivity index (χ3n) is 2.71. The number of aryl methyl sites for hydroxylation is 2. The summed E-state index contributed by atoms with van der Waals surface area (Å²) in [5.74, 6) is 0. The molecule has 0 bridgehead atoms. The van der Waals surface area contributed by atoms with E-state index in [-0.39, 0.29) is 0 Å². The van der Waals surface area contributed by atoms with E-state index in [0.717, 1.165) is 22.4 Å². The molecular formula is C14H15BrN2. The van der Waals surface area contributed by atoms with E-state index in [9.17, 15) is 0 Å². The monoisotopic (exact) mass is 290 g/mol. The number of hydrogen-bond donors (Lipinski definition) is 1. The molecule has 0 saturated carbocycles. The fourth-order valence-electron chi connectivity index (χ4n) is 1.69. The molecule has 1 aromatic carbocycles. The quantitative estimate of drug-likeness (QED) is 0.922. The van der Waals surface area contributed by atoms with Gasteiger partial charge in [-0.2, -0.15) is 0 Å². The Morgan fingerprint density at radius 1 is 1.24 bits per heavy atom. The summed E-state index contributed by atoms with van der Waals surface area (Å²) in [7, 11) is 0. The zero-order valence-electron chi connectivity index (χ0n) is 10.00. The Balaban J connectivity index is 2.08. The van der Waals surface area contributed by atoms with Crippen LogP contribution in [0.5, 0.6) is 0 Å². The minimum absolute atomic E-state index is 0.820. The van der Waals surface area contributed by atoms with Gasteiger partial charge in [-0.05, 0) is 43.2 Å². The van der Waals surface area contributed by atoms with Crippen LogP contribution in [0.15, 0.2) is 41.0 Å². The molecule has 0 aliphatic heterocycles. The average Bonchev–Trinajstić information content (AvgIpc) is 2.32. The largest absolute Gasteiger partial charge is 0.380 e. The first kappa shape index (κ1) is 12.1. The first-order valence-corrected chi connectivity index (χ1v) is 6.36. The second-order valence-electron chi connectivity index (χ2n) is 4.07. The number of nitrogens with one attached hydrogen (secondary N) is 1. The standard InChI is InChI=1S/C14H15BrN2/c1-10-8-12(5-6-13(10)15)9-17-14-4-3-7-16-11(14)2/h3-8,17H,9H2,1-2H3. The van der Waals surface area contributed by atoms with Gasteiger partial charge in [-0.1, -0.05) is 28.1 Å². The van der Waals surface area contributed by atoms with Crippen molar-refractivity contribution in [3.05, 3.63) is 57.8 Å². The number of hydrogen-bond acceptors (Lipinski definition) is 2. The topological polar surface area (TPSA) is 24.9 Å². The molecule has 2 rings (SSSR count). The van der Waals surface area contributed by atoms with E-state index in [1.807, 2.05) is 25.3 Å². The second kappa shape index (κ2) is 5.32. The number of pyridine rings is 1. The highest BCUT2D eigenvalue weighted by atomic mass is 79.9. The first-order chi connectivity index (χ1) is 8.16. The summed E-state index contributed by atoms with van der Waals surface area (Å²) in [6.45, 7) is 4.93. The third kappa shape index (κ3) is 3.07. The van der Waals surface area contributed by atoms with Gasteiger partial charge < -0.3 is 5.32 Å². The molecule has 0 aliphatic rings. The molecule has 3 heteroatoms. The molecule has 17 heavy (non-hydrogen) atoms. The van der Waals surface area contributed by atoms with Crippen LogP contribution in [-0.2, 0) is 6.54 Å². The van der Waals surface area contributed by atoms with Crippen molar-refractivity contribution in [3.63, 3.8) is 0 Å². The smallest absolute Gasteiger partial charge is 0.0603 e. The Labute approximate surface area is 110 Å². The summed E-state index contributed by atoms with van der Waals surface area (Å²) in [5.41, 5.74) is 4.65. The number of halogens is 1. The van der Waals surface area contributed by atoms with Crippen molar-refractivity contribution in [1.29, 1.82) is 0 Å². The number of aromatic nitrogens is 1. The van der Waals surface area contributed by atoms with E-state index in [4.69, 9.17) is 0 Å². The Morgan fingerprint density at radius 2 is 2.06 bits per heavy atom. The summed E-state index contributed by atoms with van der Waals surface area (Å²) >= 11 is 3.51. The molecule has 88 valence electrons. The van der Waals surface area contributed by atoms with Gasteiger partial charge in [0.15, 0.2) is 0 Å². The van der Waals surface area contributed by atoms with Gasteiger partial charge in [0.25, 0.3) is 0 Å². The summed E-state index contributed by atoms with van der Waals surface area (Å²) in [4.78, 5) is 4.25. The predicted molar refractivity (Wildman–Crippen MR) is 75.2 cm³/mol. The van der Waals surface area contributed by atoms with E-state index in [2.05, 4.69) is 51.4 Å². The van der Waals surface area contributed by atoms with Crippen LogP contribution < -0.4 is 5.32 Å². The van der Waals surface area contributed by atoms with E-state index >= 15 is 0 Å². The van der Waals surface area contributed by atoms with Crippen molar-refractivity contribution < 1.29 is 0 Å². The highest BCUT2D eigenvalue weighted by molar-refractivity contribution is 9.10. The van der Waals surface area contributed by atoms with Crippen molar-refractivity contribution in [2.75, 3.05) is 5.32 Å². The molecule has 1 heterocycles. The molecule has 0 radical (unpaired) electrons. The summed E-state index contributed by atoms with van der Waals surface area (Å²) in [6.07, 6.45) is 1.81. The number of rotatable bonds is 3. The van der Waals surface area contributed by atoms with Gasteiger partial charge >= 0.3 is 0 Å². The van der Waals surface area contributed by atoms with Gasteiger partial charge in [-0.15, -0.1) is 0 Å². The SMILES string of the molecule is Cc1cc(CNc2cccnc2C)ccc1Br. The summed E-state index contributed by atoms with van der Waals surface area (Å²) in [6, 6.07) is 10.4. The van der Waals surface area contributed by atoms with Crippen LogP contribution in [0.3, 0.4) is 0 Å². The molecule has 0 spiro atoms. The maximum absolute atomic E-state index is 4.25. The Bertz CT molecular complexity index is 523. The van der Waals surface area contributed by atoms with Crippen molar-refractivity contribution in [1.82, 2.24) is 4.98 Å². The minimum atomic E-state index is 0.820. The highest BCUT2D eigenvalue weighted by Gasteiger charge is 2.00. The molecule has 0 aliphatic carbocycles. The molecule has 2 nitrogen and oxygen atoms in total. The third-order valence-corrected chi connectivity index (χ3v) is 3.60. The van der Waals surface area contributed by atoms with Gasteiger partial charge in [0, 0.05) is 17.2 Å². The maximum atomic E-state index is 4.25.